The smallest absolute Gasteiger partial charge is 0.256 e. The van der Waals surface area contributed by atoms with E-state index >= 15 is 0 Å². The Morgan fingerprint density at radius 1 is 1.50 bits per heavy atom. The predicted molar refractivity (Wildman–Crippen MR) is 58.6 cm³/mol. The zero-order valence-electron chi connectivity index (χ0n) is 9.01. The minimum absolute atomic E-state index is 0.152. The number of benzene rings is 1. The third-order valence-electron chi connectivity index (χ3n) is 2.03. The van der Waals surface area contributed by atoms with Crippen molar-refractivity contribution in [3.8, 4) is 0 Å². The summed E-state index contributed by atoms with van der Waals surface area (Å²) >= 11 is 5.72. The first-order chi connectivity index (χ1) is 7.41. The molecule has 0 aliphatic carbocycles. The van der Waals surface area contributed by atoms with Crippen molar-refractivity contribution in [1.29, 1.82) is 0 Å². The van der Waals surface area contributed by atoms with Gasteiger partial charge in [0, 0.05) is 25.0 Å². The van der Waals surface area contributed by atoms with Gasteiger partial charge in [-0.25, -0.2) is 8.78 Å². The van der Waals surface area contributed by atoms with Crippen molar-refractivity contribution in [2.24, 2.45) is 0 Å². The summed E-state index contributed by atoms with van der Waals surface area (Å²) in [5.74, 6) is -2.08. The fraction of sp³-hybridized carbons (Fsp3) is 0.364. The van der Waals surface area contributed by atoms with Crippen LogP contribution in [0.25, 0.3) is 0 Å². The van der Waals surface area contributed by atoms with Gasteiger partial charge in [-0.3, -0.25) is 4.79 Å². The van der Waals surface area contributed by atoms with E-state index in [0.29, 0.717) is 12.6 Å². The molecule has 0 spiro atoms. The van der Waals surface area contributed by atoms with E-state index in [0.717, 1.165) is 12.1 Å². The van der Waals surface area contributed by atoms with Crippen molar-refractivity contribution in [3.63, 3.8) is 0 Å². The highest BCUT2D eigenvalue weighted by molar-refractivity contribution is 6.20. The second kappa shape index (κ2) is 5.25. The normalized spacial score (nSPS) is 12.3. The Bertz CT molecular complexity index is 396. The summed E-state index contributed by atoms with van der Waals surface area (Å²) in [6, 6.07) is 2.86. The number of rotatable bonds is 3. The molecule has 1 unspecified atom stereocenters. The first kappa shape index (κ1) is 12.9. The maximum atomic E-state index is 13.3. The van der Waals surface area contributed by atoms with Crippen LogP contribution in [0.3, 0.4) is 0 Å². The lowest BCUT2D eigenvalue weighted by atomic mass is 10.2. The van der Waals surface area contributed by atoms with E-state index in [9.17, 15) is 13.6 Å². The van der Waals surface area contributed by atoms with Crippen molar-refractivity contribution in [1.82, 2.24) is 4.90 Å². The zero-order valence-corrected chi connectivity index (χ0v) is 9.76. The Labute approximate surface area is 97.8 Å². The second-order valence-electron chi connectivity index (χ2n) is 3.59. The largest absolute Gasteiger partial charge is 0.340 e. The quantitative estimate of drug-likeness (QED) is 0.752. The highest BCUT2D eigenvalue weighted by Gasteiger charge is 2.17. The number of amides is 1. The molecule has 5 heteroatoms. The Hall–Kier alpha value is -1.16. The van der Waals surface area contributed by atoms with Gasteiger partial charge < -0.3 is 4.90 Å². The van der Waals surface area contributed by atoms with Crippen molar-refractivity contribution in [2.45, 2.75) is 12.3 Å². The molecule has 1 aromatic rings. The summed E-state index contributed by atoms with van der Waals surface area (Å²) in [7, 11) is 1.52. The van der Waals surface area contributed by atoms with Crippen LogP contribution in [0, 0.1) is 11.6 Å². The molecule has 1 atom stereocenters. The standard InChI is InChI=1S/C11H12ClF2NO/c1-7(12)6-15(2)11(16)9-4-3-8(13)5-10(9)14/h3-5,7H,6H2,1-2H3. The first-order valence-electron chi connectivity index (χ1n) is 4.76. The summed E-state index contributed by atoms with van der Waals surface area (Å²) < 4.78 is 25.9. The molecule has 0 N–H and O–H groups in total. The van der Waals surface area contributed by atoms with Gasteiger partial charge in [-0.05, 0) is 19.1 Å². The molecule has 0 heterocycles. The average Bonchev–Trinajstić information content (AvgIpc) is 2.15. The lowest BCUT2D eigenvalue weighted by molar-refractivity contribution is 0.0791. The van der Waals surface area contributed by atoms with E-state index in [1.54, 1.807) is 6.92 Å². The molecule has 16 heavy (non-hydrogen) atoms. The Balaban J connectivity index is 2.88. The zero-order chi connectivity index (χ0) is 12.3. The maximum Gasteiger partial charge on any atom is 0.256 e. The van der Waals surface area contributed by atoms with Crippen LogP contribution in [0.5, 0.6) is 0 Å². The van der Waals surface area contributed by atoms with Gasteiger partial charge in [-0.1, -0.05) is 0 Å². The Morgan fingerprint density at radius 3 is 2.62 bits per heavy atom. The molecule has 0 aromatic heterocycles. The van der Waals surface area contributed by atoms with Gasteiger partial charge in [-0.15, -0.1) is 11.6 Å². The van der Waals surface area contributed by atoms with Gasteiger partial charge in [0.05, 0.1) is 5.56 Å². The molecular weight excluding hydrogens is 236 g/mol. The molecule has 0 bridgehead atoms. The fourth-order valence-corrected chi connectivity index (χ4v) is 1.54. The predicted octanol–water partition coefficient (Wildman–Crippen LogP) is 2.66. The summed E-state index contributed by atoms with van der Waals surface area (Å²) in [4.78, 5) is 13.0. The van der Waals surface area contributed by atoms with Crippen LogP contribution in [0.15, 0.2) is 18.2 Å². The van der Waals surface area contributed by atoms with Crippen LogP contribution in [-0.4, -0.2) is 29.8 Å². The molecule has 0 saturated carbocycles. The van der Waals surface area contributed by atoms with Crippen LogP contribution in [0.1, 0.15) is 17.3 Å². The Kier molecular flexibility index (Phi) is 4.24. The van der Waals surface area contributed by atoms with Crippen molar-refractivity contribution in [3.05, 3.63) is 35.4 Å². The number of nitrogens with zero attached hydrogens (tertiary/aromatic N) is 1. The van der Waals surface area contributed by atoms with E-state index in [-0.39, 0.29) is 10.9 Å². The van der Waals surface area contributed by atoms with Crippen LogP contribution in [0.2, 0.25) is 0 Å². The van der Waals surface area contributed by atoms with Gasteiger partial charge in [0.1, 0.15) is 11.6 Å². The molecule has 2 nitrogen and oxygen atoms in total. The van der Waals surface area contributed by atoms with E-state index in [4.69, 9.17) is 11.6 Å². The molecule has 0 aliphatic heterocycles. The molecule has 1 aromatic carbocycles. The van der Waals surface area contributed by atoms with Gasteiger partial charge in [0.15, 0.2) is 0 Å². The summed E-state index contributed by atoms with van der Waals surface area (Å²) in [6.45, 7) is 2.03. The highest BCUT2D eigenvalue weighted by atomic mass is 35.5. The number of carbonyl (C=O) groups is 1. The molecular formula is C11H12ClF2NO. The number of hydrogen-bond donors (Lipinski definition) is 0. The average molecular weight is 248 g/mol. The molecule has 1 rings (SSSR count). The molecule has 0 radical (unpaired) electrons. The van der Waals surface area contributed by atoms with Crippen LogP contribution in [0.4, 0.5) is 8.78 Å². The summed E-state index contributed by atoms with van der Waals surface area (Å²) in [5, 5.41) is -0.225. The van der Waals surface area contributed by atoms with Crippen LogP contribution in [-0.2, 0) is 0 Å². The van der Waals surface area contributed by atoms with E-state index in [1.165, 1.54) is 11.9 Å². The molecule has 1 amide bonds. The van der Waals surface area contributed by atoms with Crippen LogP contribution < -0.4 is 0 Å². The monoisotopic (exact) mass is 247 g/mol. The minimum atomic E-state index is -0.862. The first-order valence-corrected chi connectivity index (χ1v) is 5.20. The van der Waals surface area contributed by atoms with Gasteiger partial charge in [-0.2, -0.15) is 0 Å². The minimum Gasteiger partial charge on any atom is -0.340 e. The van der Waals surface area contributed by atoms with E-state index in [2.05, 4.69) is 0 Å². The SMILES string of the molecule is CC(Cl)CN(C)C(=O)c1ccc(F)cc1F. The number of hydrogen-bond acceptors (Lipinski definition) is 1. The molecule has 88 valence electrons. The lowest BCUT2D eigenvalue weighted by Crippen LogP contribution is -2.31. The van der Waals surface area contributed by atoms with Crippen LogP contribution >= 0.6 is 11.6 Å². The maximum absolute atomic E-state index is 13.3. The fourth-order valence-electron chi connectivity index (χ4n) is 1.33. The lowest BCUT2D eigenvalue weighted by Gasteiger charge is -2.18. The molecule has 0 saturated heterocycles. The highest BCUT2D eigenvalue weighted by Crippen LogP contribution is 2.12. The molecule has 0 fully saturated rings. The third kappa shape index (κ3) is 3.17. The van der Waals surface area contributed by atoms with Crippen molar-refractivity contribution >= 4 is 17.5 Å². The van der Waals surface area contributed by atoms with Gasteiger partial charge in [0.25, 0.3) is 5.91 Å². The van der Waals surface area contributed by atoms with Gasteiger partial charge >= 0.3 is 0 Å². The summed E-state index contributed by atoms with van der Waals surface area (Å²) in [6.07, 6.45) is 0. The Morgan fingerprint density at radius 2 is 2.12 bits per heavy atom. The third-order valence-corrected chi connectivity index (χ3v) is 2.17. The number of halogens is 3. The van der Waals surface area contributed by atoms with Crippen molar-refractivity contribution in [2.75, 3.05) is 13.6 Å². The second-order valence-corrected chi connectivity index (χ2v) is 4.34. The molecule has 0 aliphatic rings. The number of alkyl halides is 1. The van der Waals surface area contributed by atoms with Crippen molar-refractivity contribution < 1.29 is 13.6 Å². The van der Waals surface area contributed by atoms with Gasteiger partial charge in [0.2, 0.25) is 0 Å². The number of carbonyl (C=O) groups excluding carboxylic acids is 1. The van der Waals surface area contributed by atoms with E-state index in [1.807, 2.05) is 0 Å². The summed E-state index contributed by atoms with van der Waals surface area (Å²) in [5.41, 5.74) is -0.152. The topological polar surface area (TPSA) is 20.3 Å². The van der Waals surface area contributed by atoms with E-state index < -0.39 is 17.5 Å².